The summed E-state index contributed by atoms with van der Waals surface area (Å²) in [4.78, 5) is 19.8. The van der Waals surface area contributed by atoms with Crippen molar-refractivity contribution in [2.75, 3.05) is 0 Å². The molecule has 0 aliphatic heterocycles. The van der Waals surface area contributed by atoms with E-state index in [1.54, 1.807) is 0 Å². The minimum atomic E-state index is 0.0831. The summed E-state index contributed by atoms with van der Waals surface area (Å²) in [7, 11) is 0. The van der Waals surface area contributed by atoms with Crippen LogP contribution >= 0.6 is 0 Å². The molecule has 2 aromatic heterocycles. The molecule has 3 heteroatoms. The third-order valence-electron chi connectivity index (χ3n) is 4.34. The largest absolute Gasteiger partial charge is 0.354 e. The number of nitrogens with one attached hydrogen (secondary N) is 2. The fraction of sp³-hybridized carbons (Fsp3) is 0. The third-order valence-corrected chi connectivity index (χ3v) is 4.34. The molecule has 0 aliphatic rings. The fourth-order valence-electron chi connectivity index (χ4n) is 3.35. The molecule has 0 amide bonds. The minimum absolute atomic E-state index is 0.0831. The molecule has 3 nitrogen and oxygen atoms in total. The van der Waals surface area contributed by atoms with E-state index in [9.17, 15) is 4.79 Å². The normalized spacial score (nSPS) is 11.8. The van der Waals surface area contributed by atoms with Crippen molar-refractivity contribution in [3.63, 3.8) is 0 Å². The molecule has 0 spiro atoms. The molecule has 3 aromatic carbocycles. The minimum Gasteiger partial charge on any atom is -0.354 e. The lowest BCUT2D eigenvalue weighted by Gasteiger charge is -2.04. The summed E-state index contributed by atoms with van der Waals surface area (Å²) in [5.74, 6) is 0. The van der Waals surface area contributed by atoms with Crippen LogP contribution in [0.5, 0.6) is 0 Å². The van der Waals surface area contributed by atoms with Crippen LogP contribution in [0, 0.1) is 0 Å². The van der Waals surface area contributed by atoms with Gasteiger partial charge in [0.15, 0.2) is 5.43 Å². The Labute approximate surface area is 125 Å². The quantitative estimate of drug-likeness (QED) is 0.409. The maximum atomic E-state index is 13.0. The first-order chi connectivity index (χ1) is 10.8. The highest BCUT2D eigenvalue weighted by Gasteiger charge is 2.12. The summed E-state index contributed by atoms with van der Waals surface area (Å²) in [5.41, 5.74) is 3.88. The summed E-state index contributed by atoms with van der Waals surface area (Å²) in [5, 5.41) is 3.57. The monoisotopic (exact) mass is 284 g/mol. The van der Waals surface area contributed by atoms with E-state index in [4.69, 9.17) is 0 Å². The van der Waals surface area contributed by atoms with Crippen molar-refractivity contribution in [1.82, 2.24) is 9.97 Å². The number of fused-ring (bicyclic) bond motifs is 6. The lowest BCUT2D eigenvalue weighted by molar-refractivity contribution is 1.48. The smallest absolute Gasteiger partial charge is 0.197 e. The molecule has 2 heterocycles. The van der Waals surface area contributed by atoms with Gasteiger partial charge in [-0.1, -0.05) is 30.3 Å². The number of hydrogen-bond donors (Lipinski definition) is 2. The van der Waals surface area contributed by atoms with Crippen LogP contribution in [0.25, 0.3) is 43.6 Å². The van der Waals surface area contributed by atoms with Crippen molar-refractivity contribution in [2.24, 2.45) is 0 Å². The zero-order valence-electron chi connectivity index (χ0n) is 11.7. The van der Waals surface area contributed by atoms with Gasteiger partial charge in [-0.05, 0) is 30.3 Å². The Bertz CT molecular complexity index is 1240. The van der Waals surface area contributed by atoms with Gasteiger partial charge in [-0.15, -0.1) is 0 Å². The Morgan fingerprint density at radius 1 is 0.545 bits per heavy atom. The van der Waals surface area contributed by atoms with Crippen LogP contribution in [0.1, 0.15) is 0 Å². The van der Waals surface area contributed by atoms with Crippen LogP contribution in [-0.4, -0.2) is 9.97 Å². The molecular weight excluding hydrogens is 272 g/mol. The second kappa shape index (κ2) is 3.98. The Morgan fingerprint density at radius 2 is 1.09 bits per heavy atom. The maximum absolute atomic E-state index is 13.0. The Kier molecular flexibility index (Phi) is 2.09. The molecule has 5 aromatic rings. The van der Waals surface area contributed by atoms with Crippen molar-refractivity contribution < 1.29 is 0 Å². The highest BCUT2D eigenvalue weighted by Crippen LogP contribution is 2.30. The van der Waals surface area contributed by atoms with E-state index in [1.165, 1.54) is 0 Å². The van der Waals surface area contributed by atoms with Gasteiger partial charge in [0.2, 0.25) is 0 Å². The second-order valence-electron chi connectivity index (χ2n) is 5.58. The molecule has 104 valence electrons. The van der Waals surface area contributed by atoms with Crippen molar-refractivity contribution in [1.29, 1.82) is 0 Å². The summed E-state index contributed by atoms with van der Waals surface area (Å²) in [6.07, 6.45) is 0. The first kappa shape index (κ1) is 11.6. The van der Waals surface area contributed by atoms with Gasteiger partial charge in [-0.3, -0.25) is 4.79 Å². The van der Waals surface area contributed by atoms with Gasteiger partial charge in [0, 0.05) is 32.7 Å². The van der Waals surface area contributed by atoms with E-state index in [2.05, 4.69) is 16.0 Å². The molecule has 22 heavy (non-hydrogen) atoms. The van der Waals surface area contributed by atoms with Crippen LogP contribution in [-0.2, 0) is 0 Å². The molecule has 0 saturated carbocycles. The second-order valence-corrected chi connectivity index (χ2v) is 5.58. The van der Waals surface area contributed by atoms with Crippen molar-refractivity contribution in [3.8, 4) is 0 Å². The van der Waals surface area contributed by atoms with Crippen molar-refractivity contribution in [2.45, 2.75) is 0 Å². The summed E-state index contributed by atoms with van der Waals surface area (Å²) in [6.45, 7) is 0. The number of H-pyrrole nitrogens is 2. The summed E-state index contributed by atoms with van der Waals surface area (Å²) >= 11 is 0. The SMILES string of the molecule is O=c1c2ccccc2[nH]c2ccc3[nH]c4ccccc4c3c12. The molecule has 0 fully saturated rings. The number of aromatic nitrogens is 2. The van der Waals surface area contributed by atoms with Crippen molar-refractivity contribution in [3.05, 3.63) is 70.9 Å². The van der Waals surface area contributed by atoms with Gasteiger partial charge in [0.1, 0.15) is 0 Å². The van der Waals surface area contributed by atoms with Gasteiger partial charge >= 0.3 is 0 Å². The summed E-state index contributed by atoms with van der Waals surface area (Å²) in [6, 6.07) is 19.8. The maximum Gasteiger partial charge on any atom is 0.197 e. The van der Waals surface area contributed by atoms with Gasteiger partial charge in [0.25, 0.3) is 0 Å². The molecule has 0 unspecified atom stereocenters. The average Bonchev–Trinajstić information content (AvgIpc) is 2.93. The average molecular weight is 284 g/mol. The van der Waals surface area contributed by atoms with Crippen LogP contribution in [0.4, 0.5) is 0 Å². The van der Waals surface area contributed by atoms with Gasteiger partial charge in [0.05, 0.1) is 10.9 Å². The van der Waals surface area contributed by atoms with Crippen LogP contribution in [0.2, 0.25) is 0 Å². The van der Waals surface area contributed by atoms with E-state index in [1.807, 2.05) is 54.6 Å². The molecule has 0 aliphatic carbocycles. The highest BCUT2D eigenvalue weighted by molar-refractivity contribution is 6.20. The zero-order valence-corrected chi connectivity index (χ0v) is 11.7. The highest BCUT2D eigenvalue weighted by atomic mass is 16.1. The molecule has 0 atom stereocenters. The van der Waals surface area contributed by atoms with E-state index >= 15 is 0 Å². The predicted octanol–water partition coefficient (Wildman–Crippen LogP) is 4.32. The Morgan fingerprint density at radius 3 is 1.82 bits per heavy atom. The molecule has 0 bridgehead atoms. The topological polar surface area (TPSA) is 48.6 Å². The van der Waals surface area contributed by atoms with Crippen LogP contribution < -0.4 is 5.43 Å². The first-order valence-corrected chi connectivity index (χ1v) is 7.27. The number of rotatable bonds is 0. The molecule has 5 rings (SSSR count). The van der Waals surface area contributed by atoms with E-state index in [0.29, 0.717) is 0 Å². The predicted molar refractivity (Wildman–Crippen MR) is 91.4 cm³/mol. The standard InChI is InChI=1S/C19H12N2O/c22-19-12-6-2-4-8-14(12)21-16-10-9-15-17(18(16)19)11-5-1-3-7-13(11)20-15/h1-10,20H,(H,21,22). The van der Waals surface area contributed by atoms with Crippen LogP contribution in [0.15, 0.2) is 65.5 Å². The Hall–Kier alpha value is -3.07. The van der Waals surface area contributed by atoms with Crippen molar-refractivity contribution >= 4 is 43.6 Å². The molecule has 0 radical (unpaired) electrons. The molecule has 0 saturated heterocycles. The third kappa shape index (κ3) is 1.37. The summed E-state index contributed by atoms with van der Waals surface area (Å²) < 4.78 is 0. The van der Waals surface area contributed by atoms with E-state index in [0.717, 1.165) is 43.6 Å². The first-order valence-electron chi connectivity index (χ1n) is 7.27. The van der Waals surface area contributed by atoms with Gasteiger partial charge in [-0.2, -0.15) is 0 Å². The zero-order chi connectivity index (χ0) is 14.7. The number of aromatic amines is 2. The van der Waals surface area contributed by atoms with E-state index in [-0.39, 0.29) is 5.43 Å². The number of para-hydroxylation sites is 2. The molecular formula is C19H12N2O. The fourth-order valence-corrected chi connectivity index (χ4v) is 3.35. The lowest BCUT2D eigenvalue weighted by atomic mass is 10.0. The Balaban J connectivity index is 2.17. The lowest BCUT2D eigenvalue weighted by Crippen LogP contribution is -2.04. The number of hydrogen-bond acceptors (Lipinski definition) is 1. The van der Waals surface area contributed by atoms with Gasteiger partial charge < -0.3 is 9.97 Å². The van der Waals surface area contributed by atoms with E-state index < -0.39 is 0 Å². The molecule has 2 N–H and O–H groups in total. The van der Waals surface area contributed by atoms with Gasteiger partial charge in [-0.25, -0.2) is 0 Å². The number of benzene rings is 3. The number of pyridine rings is 1. The van der Waals surface area contributed by atoms with Crippen LogP contribution in [0.3, 0.4) is 0 Å².